The van der Waals surface area contributed by atoms with E-state index in [1.165, 1.54) is 0 Å². The van der Waals surface area contributed by atoms with Crippen LogP contribution in [0.4, 0.5) is 10.9 Å². The van der Waals surface area contributed by atoms with Crippen molar-refractivity contribution < 1.29 is 4.74 Å². The lowest BCUT2D eigenvalue weighted by atomic mass is 10.3. The van der Waals surface area contributed by atoms with Gasteiger partial charge in [-0.3, -0.25) is 4.40 Å². The molecule has 4 heterocycles. The first-order valence-electron chi connectivity index (χ1n) is 9.90. The highest BCUT2D eigenvalue weighted by atomic mass is 32.1. The number of para-hydroxylation sites is 1. The third-order valence-corrected chi connectivity index (χ3v) is 6.43. The van der Waals surface area contributed by atoms with Crippen molar-refractivity contribution in [2.75, 3.05) is 43.1 Å². The first-order chi connectivity index (χ1) is 14.3. The maximum absolute atomic E-state index is 5.47. The maximum atomic E-state index is 5.47. The Morgan fingerprint density at radius 2 is 1.97 bits per heavy atom. The van der Waals surface area contributed by atoms with Crippen molar-refractivity contribution in [3.63, 3.8) is 0 Å². The van der Waals surface area contributed by atoms with E-state index in [0.717, 1.165) is 77.4 Å². The van der Waals surface area contributed by atoms with Crippen LogP contribution in [0.25, 0.3) is 15.9 Å². The van der Waals surface area contributed by atoms with E-state index in [1.807, 2.05) is 28.9 Å². The fraction of sp³-hybridized carbons (Fsp3) is 0.400. The van der Waals surface area contributed by atoms with Crippen LogP contribution in [0.5, 0.6) is 5.75 Å². The third-order valence-electron chi connectivity index (χ3n) is 5.35. The van der Waals surface area contributed by atoms with Crippen molar-refractivity contribution in [1.29, 1.82) is 0 Å². The van der Waals surface area contributed by atoms with Crippen molar-refractivity contribution in [3.8, 4) is 5.75 Å². The summed E-state index contributed by atoms with van der Waals surface area (Å²) in [6.45, 7) is 5.75. The largest absolute Gasteiger partial charge is 0.494 e. The van der Waals surface area contributed by atoms with E-state index in [2.05, 4.69) is 38.0 Å². The molecule has 0 saturated carbocycles. The highest BCUT2D eigenvalue weighted by molar-refractivity contribution is 7.22. The number of aromatic nitrogens is 5. The fourth-order valence-corrected chi connectivity index (χ4v) is 4.89. The van der Waals surface area contributed by atoms with Crippen LogP contribution in [0.1, 0.15) is 19.2 Å². The first kappa shape index (κ1) is 18.1. The summed E-state index contributed by atoms with van der Waals surface area (Å²) in [7, 11) is 1.69. The number of ether oxygens (including phenoxy) is 1. The van der Waals surface area contributed by atoms with Crippen LogP contribution in [0.2, 0.25) is 0 Å². The molecule has 1 saturated heterocycles. The Balaban J connectivity index is 1.41. The number of nitrogens with zero attached hydrogens (tertiary/aromatic N) is 7. The van der Waals surface area contributed by atoms with E-state index in [1.54, 1.807) is 18.4 Å². The minimum absolute atomic E-state index is 0.830. The summed E-state index contributed by atoms with van der Waals surface area (Å²) in [5.74, 6) is 2.70. The second-order valence-corrected chi connectivity index (χ2v) is 8.05. The quantitative estimate of drug-likeness (QED) is 0.513. The van der Waals surface area contributed by atoms with Gasteiger partial charge in [0.05, 0.1) is 11.8 Å². The highest BCUT2D eigenvalue weighted by Gasteiger charge is 2.22. The molecule has 3 aromatic heterocycles. The molecule has 1 aliphatic heterocycles. The van der Waals surface area contributed by atoms with Crippen LogP contribution >= 0.6 is 11.3 Å². The van der Waals surface area contributed by atoms with Gasteiger partial charge >= 0.3 is 0 Å². The summed E-state index contributed by atoms with van der Waals surface area (Å²) in [4.78, 5) is 14.2. The number of aryl methyl sites for hydroxylation is 1. The summed E-state index contributed by atoms with van der Waals surface area (Å²) < 4.78 is 8.68. The minimum Gasteiger partial charge on any atom is -0.494 e. The van der Waals surface area contributed by atoms with Gasteiger partial charge in [0, 0.05) is 45.0 Å². The van der Waals surface area contributed by atoms with Crippen molar-refractivity contribution >= 4 is 38.2 Å². The molecule has 1 fully saturated rings. The molecule has 5 rings (SSSR count). The normalized spacial score (nSPS) is 15.2. The number of benzene rings is 1. The lowest BCUT2D eigenvalue weighted by Crippen LogP contribution is -2.31. The number of hydrogen-bond donors (Lipinski definition) is 0. The van der Waals surface area contributed by atoms with Gasteiger partial charge in [-0.15, -0.1) is 10.2 Å². The molecular formula is C20H23N7OS. The summed E-state index contributed by atoms with van der Waals surface area (Å²) in [5.41, 5.74) is 1.78. The summed E-state index contributed by atoms with van der Waals surface area (Å²) >= 11 is 1.72. The molecule has 0 aliphatic carbocycles. The Hall–Kier alpha value is -2.94. The topological polar surface area (TPSA) is 71.7 Å². The van der Waals surface area contributed by atoms with Gasteiger partial charge in [0.15, 0.2) is 10.9 Å². The molecule has 0 spiro atoms. The SMILES string of the molecule is CCc1nnc2c(N3CCCN(c4nc5c(OC)cccc5s4)CC3)nccn12. The Morgan fingerprint density at radius 3 is 2.83 bits per heavy atom. The van der Waals surface area contributed by atoms with Crippen LogP contribution in [0.3, 0.4) is 0 Å². The third kappa shape index (κ3) is 3.15. The van der Waals surface area contributed by atoms with Gasteiger partial charge in [0.2, 0.25) is 5.65 Å². The average molecular weight is 410 g/mol. The molecule has 0 amide bonds. The Kier molecular flexibility index (Phi) is 4.67. The van der Waals surface area contributed by atoms with Crippen molar-refractivity contribution in [1.82, 2.24) is 24.6 Å². The predicted molar refractivity (Wildman–Crippen MR) is 115 cm³/mol. The molecule has 0 N–H and O–H groups in total. The Labute approximate surface area is 172 Å². The Bertz CT molecular complexity index is 1150. The van der Waals surface area contributed by atoms with Gasteiger partial charge in [0.25, 0.3) is 0 Å². The second-order valence-electron chi connectivity index (χ2n) is 7.05. The molecule has 150 valence electrons. The molecule has 0 radical (unpaired) electrons. The smallest absolute Gasteiger partial charge is 0.203 e. The molecule has 29 heavy (non-hydrogen) atoms. The fourth-order valence-electron chi connectivity index (χ4n) is 3.86. The van der Waals surface area contributed by atoms with Gasteiger partial charge in [-0.2, -0.15) is 0 Å². The molecule has 4 aromatic rings. The van der Waals surface area contributed by atoms with Crippen LogP contribution in [-0.4, -0.2) is 57.9 Å². The number of methoxy groups -OCH3 is 1. The summed E-state index contributed by atoms with van der Waals surface area (Å²) in [5, 5.41) is 9.75. The summed E-state index contributed by atoms with van der Waals surface area (Å²) in [6.07, 6.45) is 5.66. The van der Waals surface area contributed by atoms with E-state index in [0.29, 0.717) is 0 Å². The molecule has 1 aliphatic rings. The average Bonchev–Trinajstić information content (AvgIpc) is 3.30. The van der Waals surface area contributed by atoms with Gasteiger partial charge in [0.1, 0.15) is 17.1 Å². The standard InChI is InChI=1S/C20H23N7OS/c1-3-16-23-24-19-18(21-8-11-27(16)19)25-9-5-10-26(13-12-25)20-22-17-14(28-2)6-4-7-15(17)29-20/h4,6-8,11H,3,5,9-10,12-13H2,1-2H3. The number of hydrogen-bond acceptors (Lipinski definition) is 8. The van der Waals surface area contributed by atoms with E-state index < -0.39 is 0 Å². The molecule has 8 nitrogen and oxygen atoms in total. The molecule has 0 unspecified atom stereocenters. The zero-order valence-electron chi connectivity index (χ0n) is 16.6. The first-order valence-corrected chi connectivity index (χ1v) is 10.7. The van der Waals surface area contributed by atoms with E-state index >= 15 is 0 Å². The minimum atomic E-state index is 0.830. The Morgan fingerprint density at radius 1 is 1.10 bits per heavy atom. The van der Waals surface area contributed by atoms with Gasteiger partial charge in [-0.1, -0.05) is 24.3 Å². The van der Waals surface area contributed by atoms with Crippen LogP contribution < -0.4 is 14.5 Å². The maximum Gasteiger partial charge on any atom is 0.203 e. The lowest BCUT2D eigenvalue weighted by Gasteiger charge is -2.22. The monoisotopic (exact) mass is 409 g/mol. The van der Waals surface area contributed by atoms with E-state index in [4.69, 9.17) is 9.72 Å². The van der Waals surface area contributed by atoms with Gasteiger partial charge in [-0.05, 0) is 18.6 Å². The second kappa shape index (κ2) is 7.47. The number of fused-ring (bicyclic) bond motifs is 2. The van der Waals surface area contributed by atoms with Crippen molar-refractivity contribution in [2.45, 2.75) is 19.8 Å². The van der Waals surface area contributed by atoms with Gasteiger partial charge < -0.3 is 14.5 Å². The number of anilines is 2. The predicted octanol–water partition coefficient (Wildman–Crippen LogP) is 3.02. The van der Waals surface area contributed by atoms with Crippen LogP contribution in [-0.2, 0) is 6.42 Å². The molecule has 0 atom stereocenters. The molecule has 9 heteroatoms. The lowest BCUT2D eigenvalue weighted by molar-refractivity contribution is 0.419. The van der Waals surface area contributed by atoms with Crippen molar-refractivity contribution in [3.05, 3.63) is 36.4 Å². The molecule has 1 aromatic carbocycles. The zero-order chi connectivity index (χ0) is 19.8. The van der Waals surface area contributed by atoms with E-state index in [-0.39, 0.29) is 0 Å². The summed E-state index contributed by atoms with van der Waals surface area (Å²) in [6, 6.07) is 6.08. The van der Waals surface area contributed by atoms with Gasteiger partial charge in [-0.25, -0.2) is 9.97 Å². The number of rotatable bonds is 4. The van der Waals surface area contributed by atoms with E-state index in [9.17, 15) is 0 Å². The van der Waals surface area contributed by atoms with Crippen molar-refractivity contribution in [2.24, 2.45) is 0 Å². The number of thiazole rings is 1. The molecular weight excluding hydrogens is 386 g/mol. The van der Waals surface area contributed by atoms with Crippen LogP contribution in [0, 0.1) is 0 Å². The zero-order valence-corrected chi connectivity index (χ0v) is 17.4. The van der Waals surface area contributed by atoms with Crippen LogP contribution in [0.15, 0.2) is 30.6 Å². The highest BCUT2D eigenvalue weighted by Crippen LogP contribution is 2.34. The molecule has 0 bridgehead atoms.